The molecule has 0 saturated heterocycles. The van der Waals surface area contributed by atoms with E-state index in [1.807, 2.05) is 6.07 Å². The van der Waals surface area contributed by atoms with Crippen LogP contribution in [-0.2, 0) is 11.3 Å². The van der Waals surface area contributed by atoms with E-state index in [9.17, 15) is 4.79 Å². The van der Waals surface area contributed by atoms with E-state index in [2.05, 4.69) is 0 Å². The highest BCUT2D eigenvalue weighted by Crippen LogP contribution is 2.20. The lowest BCUT2D eigenvalue weighted by molar-refractivity contribution is 0.0987. The molecule has 0 aliphatic carbocycles. The van der Waals surface area contributed by atoms with Crippen molar-refractivity contribution in [2.75, 3.05) is 6.61 Å². The first-order valence-corrected chi connectivity index (χ1v) is 5.06. The van der Waals surface area contributed by atoms with Crippen molar-refractivity contribution in [1.29, 1.82) is 5.26 Å². The van der Waals surface area contributed by atoms with Gasteiger partial charge in [0.25, 0.3) is 5.91 Å². The SMILES string of the molecule is N#CCCOCc1cccc(Cl)c1C(N)=O. The molecule has 0 unspecified atom stereocenters. The molecule has 0 aliphatic heterocycles. The molecule has 4 nitrogen and oxygen atoms in total. The normalized spacial score (nSPS) is 9.75. The third kappa shape index (κ3) is 3.23. The zero-order chi connectivity index (χ0) is 12.0. The number of nitriles is 1. The first kappa shape index (κ1) is 12.5. The summed E-state index contributed by atoms with van der Waals surface area (Å²) < 4.78 is 5.22. The molecule has 84 valence electrons. The van der Waals surface area contributed by atoms with Crippen LogP contribution in [0.5, 0.6) is 0 Å². The second-order valence-corrected chi connectivity index (χ2v) is 3.51. The molecule has 0 radical (unpaired) electrons. The Kier molecular flexibility index (Phi) is 4.77. The van der Waals surface area contributed by atoms with Crippen molar-refractivity contribution < 1.29 is 9.53 Å². The van der Waals surface area contributed by atoms with Crippen LogP contribution in [-0.4, -0.2) is 12.5 Å². The Hall–Kier alpha value is -1.57. The van der Waals surface area contributed by atoms with E-state index in [0.717, 1.165) is 0 Å². The maximum Gasteiger partial charge on any atom is 0.250 e. The van der Waals surface area contributed by atoms with Crippen LogP contribution in [0, 0.1) is 11.3 Å². The van der Waals surface area contributed by atoms with Gasteiger partial charge in [-0.1, -0.05) is 23.7 Å². The van der Waals surface area contributed by atoms with E-state index < -0.39 is 5.91 Å². The standard InChI is InChI=1S/C11H11ClN2O2/c12-9-4-1-3-8(10(9)11(14)15)7-16-6-2-5-13/h1,3-4H,2,6-7H2,(H2,14,15). The third-order valence-electron chi connectivity index (χ3n) is 1.96. The van der Waals surface area contributed by atoms with Gasteiger partial charge >= 0.3 is 0 Å². The van der Waals surface area contributed by atoms with Crippen molar-refractivity contribution in [3.05, 3.63) is 34.3 Å². The molecule has 1 rings (SSSR count). The van der Waals surface area contributed by atoms with E-state index in [0.29, 0.717) is 23.6 Å². The van der Waals surface area contributed by atoms with Crippen molar-refractivity contribution in [2.24, 2.45) is 5.73 Å². The molecular formula is C11H11ClN2O2. The Balaban J connectivity index is 2.76. The highest BCUT2D eigenvalue weighted by Gasteiger charge is 2.11. The van der Waals surface area contributed by atoms with Crippen LogP contribution in [0.4, 0.5) is 0 Å². The van der Waals surface area contributed by atoms with Gasteiger partial charge in [0.2, 0.25) is 0 Å². The van der Waals surface area contributed by atoms with Crippen molar-refractivity contribution in [3.63, 3.8) is 0 Å². The lowest BCUT2D eigenvalue weighted by atomic mass is 10.1. The van der Waals surface area contributed by atoms with Gasteiger partial charge < -0.3 is 10.5 Å². The minimum absolute atomic E-state index is 0.223. The zero-order valence-corrected chi connectivity index (χ0v) is 9.33. The number of halogens is 1. The van der Waals surface area contributed by atoms with Crippen LogP contribution in [0.2, 0.25) is 5.02 Å². The molecule has 16 heavy (non-hydrogen) atoms. The van der Waals surface area contributed by atoms with E-state index in [1.54, 1.807) is 18.2 Å². The maximum atomic E-state index is 11.2. The number of rotatable bonds is 5. The Morgan fingerprint density at radius 1 is 1.56 bits per heavy atom. The molecule has 1 aromatic rings. The largest absolute Gasteiger partial charge is 0.376 e. The van der Waals surface area contributed by atoms with Gasteiger partial charge in [-0.05, 0) is 11.6 Å². The Bertz CT molecular complexity index is 426. The molecule has 5 heteroatoms. The number of benzene rings is 1. The van der Waals surface area contributed by atoms with Gasteiger partial charge in [0.15, 0.2) is 0 Å². The number of hydrogen-bond donors (Lipinski definition) is 1. The van der Waals surface area contributed by atoms with Crippen molar-refractivity contribution >= 4 is 17.5 Å². The van der Waals surface area contributed by atoms with E-state index in [-0.39, 0.29) is 12.2 Å². The van der Waals surface area contributed by atoms with Gasteiger partial charge in [0, 0.05) is 0 Å². The molecule has 1 amide bonds. The highest BCUT2D eigenvalue weighted by atomic mass is 35.5. The quantitative estimate of drug-likeness (QED) is 0.796. The van der Waals surface area contributed by atoms with Crippen LogP contribution in [0.25, 0.3) is 0 Å². The fraction of sp³-hybridized carbons (Fsp3) is 0.273. The summed E-state index contributed by atoms with van der Waals surface area (Å²) in [6.07, 6.45) is 0.312. The summed E-state index contributed by atoms with van der Waals surface area (Å²) in [6, 6.07) is 7.00. The molecule has 1 aromatic carbocycles. The summed E-state index contributed by atoms with van der Waals surface area (Å²) in [7, 11) is 0. The summed E-state index contributed by atoms with van der Waals surface area (Å²) in [4.78, 5) is 11.2. The highest BCUT2D eigenvalue weighted by molar-refractivity contribution is 6.34. The van der Waals surface area contributed by atoms with Crippen LogP contribution in [0.1, 0.15) is 22.3 Å². The predicted octanol–water partition coefficient (Wildman–Crippen LogP) is 1.87. The minimum atomic E-state index is -0.579. The Morgan fingerprint density at radius 2 is 2.31 bits per heavy atom. The number of amides is 1. The van der Waals surface area contributed by atoms with Gasteiger partial charge in [0.05, 0.1) is 36.3 Å². The molecular weight excluding hydrogens is 228 g/mol. The number of nitrogens with zero attached hydrogens (tertiary/aromatic N) is 1. The number of carbonyl (C=O) groups is 1. The lowest BCUT2D eigenvalue weighted by Gasteiger charge is -2.08. The van der Waals surface area contributed by atoms with Crippen molar-refractivity contribution in [1.82, 2.24) is 0 Å². The Morgan fingerprint density at radius 3 is 2.94 bits per heavy atom. The molecule has 0 saturated carbocycles. The third-order valence-corrected chi connectivity index (χ3v) is 2.28. The van der Waals surface area contributed by atoms with Crippen molar-refractivity contribution in [3.8, 4) is 6.07 Å². The van der Waals surface area contributed by atoms with Crippen LogP contribution in [0.15, 0.2) is 18.2 Å². The fourth-order valence-electron chi connectivity index (χ4n) is 1.26. The van der Waals surface area contributed by atoms with Crippen LogP contribution < -0.4 is 5.73 Å². The van der Waals surface area contributed by atoms with E-state index >= 15 is 0 Å². The van der Waals surface area contributed by atoms with Gasteiger partial charge in [-0.15, -0.1) is 0 Å². The average molecular weight is 239 g/mol. The molecule has 2 N–H and O–H groups in total. The lowest BCUT2D eigenvalue weighted by Crippen LogP contribution is -2.15. The van der Waals surface area contributed by atoms with E-state index in [1.165, 1.54) is 0 Å². The van der Waals surface area contributed by atoms with Gasteiger partial charge in [0.1, 0.15) is 0 Å². The fourth-order valence-corrected chi connectivity index (χ4v) is 1.55. The monoisotopic (exact) mass is 238 g/mol. The smallest absolute Gasteiger partial charge is 0.250 e. The second-order valence-electron chi connectivity index (χ2n) is 3.10. The summed E-state index contributed by atoms with van der Waals surface area (Å²) >= 11 is 5.86. The first-order valence-electron chi connectivity index (χ1n) is 4.68. The summed E-state index contributed by atoms with van der Waals surface area (Å²) in [5.74, 6) is -0.579. The number of primary amides is 1. The van der Waals surface area contributed by atoms with Gasteiger partial charge in [-0.3, -0.25) is 4.79 Å². The number of hydrogen-bond acceptors (Lipinski definition) is 3. The number of ether oxygens (including phenoxy) is 1. The van der Waals surface area contributed by atoms with Crippen LogP contribution in [0.3, 0.4) is 0 Å². The molecule has 0 aromatic heterocycles. The average Bonchev–Trinajstić information content (AvgIpc) is 2.24. The van der Waals surface area contributed by atoms with E-state index in [4.69, 9.17) is 27.3 Å². The van der Waals surface area contributed by atoms with Crippen molar-refractivity contribution in [2.45, 2.75) is 13.0 Å². The minimum Gasteiger partial charge on any atom is -0.376 e. The summed E-state index contributed by atoms with van der Waals surface area (Å²) in [5, 5.41) is 8.64. The van der Waals surface area contributed by atoms with Crippen LogP contribution >= 0.6 is 11.6 Å². The Labute approximate surface area is 98.6 Å². The summed E-state index contributed by atoms with van der Waals surface area (Å²) in [6.45, 7) is 0.543. The molecule has 0 heterocycles. The van der Waals surface area contributed by atoms with Gasteiger partial charge in [-0.25, -0.2) is 0 Å². The predicted molar refractivity (Wildman–Crippen MR) is 59.9 cm³/mol. The first-order chi connectivity index (χ1) is 7.66. The molecule has 0 atom stereocenters. The number of carbonyl (C=O) groups excluding carboxylic acids is 1. The molecule has 0 fully saturated rings. The van der Waals surface area contributed by atoms with Gasteiger partial charge in [-0.2, -0.15) is 5.26 Å². The topological polar surface area (TPSA) is 76.1 Å². The maximum absolute atomic E-state index is 11.2. The molecule has 0 spiro atoms. The second kappa shape index (κ2) is 6.11. The molecule has 0 bridgehead atoms. The summed E-state index contributed by atoms with van der Waals surface area (Å²) in [5.41, 5.74) is 6.13. The number of nitrogens with two attached hydrogens (primary N) is 1. The molecule has 0 aliphatic rings. The zero-order valence-electron chi connectivity index (χ0n) is 8.57.